The first-order chi connectivity index (χ1) is 7.49. The van der Waals surface area contributed by atoms with Crippen molar-refractivity contribution >= 4 is 16.8 Å². The minimum Gasteiger partial charge on any atom is -0.281 e. The molecule has 74 valence electrons. The van der Waals surface area contributed by atoms with Gasteiger partial charge in [0.2, 0.25) is 5.24 Å². The second kappa shape index (κ2) is 4.14. The summed E-state index contributed by atoms with van der Waals surface area (Å²) >= 11 is 5.29. The fourth-order valence-corrected chi connectivity index (χ4v) is 1.85. The maximum atomic E-state index is 10.7. The number of carbonyl (C=O) groups is 1. The Morgan fingerprint density at radius 2 is 2.36 bits per heavy atom. The number of aryl methyl sites for hydroxylation is 3. The molecule has 0 aromatic heterocycles. The normalized spacial score (nSPS) is 19.8. The summed E-state index contributed by atoms with van der Waals surface area (Å²) in [5.74, 6) is 0. The van der Waals surface area contributed by atoms with E-state index in [2.05, 4.69) is 0 Å². The molecule has 14 heavy (non-hydrogen) atoms. The summed E-state index contributed by atoms with van der Waals surface area (Å²) in [6.07, 6.45) is 1.13. The van der Waals surface area contributed by atoms with Gasteiger partial charge in [-0.2, -0.15) is 0 Å². The Bertz CT molecular complexity index is 429. The van der Waals surface area contributed by atoms with Gasteiger partial charge in [0.05, 0.1) is 0 Å². The molecule has 0 heterocycles. The van der Waals surface area contributed by atoms with E-state index in [1.165, 1.54) is 0 Å². The molecule has 0 unspecified atom stereocenters. The smallest absolute Gasteiger partial charge is 0.221 e. The quantitative estimate of drug-likeness (QED) is 0.702. The van der Waals surface area contributed by atoms with E-state index in [1.54, 1.807) is 0 Å². The van der Waals surface area contributed by atoms with Crippen molar-refractivity contribution in [1.82, 2.24) is 0 Å². The molecular weight excluding hydrogens is 196 g/mol. The molecule has 0 saturated heterocycles. The van der Waals surface area contributed by atoms with Gasteiger partial charge in [-0.05, 0) is 53.9 Å². The molecule has 1 aromatic rings. The Balaban J connectivity index is 2.19. The lowest BCUT2D eigenvalue weighted by Crippen LogP contribution is -1.93. The fraction of sp³-hybridized carbons (Fsp3) is 0.417. The first-order valence-corrected chi connectivity index (χ1v) is 5.17. The topological polar surface area (TPSA) is 17.1 Å². The van der Waals surface area contributed by atoms with Gasteiger partial charge in [0.25, 0.3) is 0 Å². The molecule has 1 nitrogen and oxygen atoms in total. The summed E-state index contributed by atoms with van der Waals surface area (Å²) in [7, 11) is 0. The highest BCUT2D eigenvalue weighted by Crippen LogP contribution is 2.23. The minimum absolute atomic E-state index is 0.323. The Kier molecular flexibility index (Phi) is 2.21. The highest BCUT2D eigenvalue weighted by atomic mass is 35.5. The Morgan fingerprint density at radius 1 is 1.50 bits per heavy atom. The zero-order chi connectivity index (χ0) is 11.8. The van der Waals surface area contributed by atoms with Crippen LogP contribution in [0.2, 0.25) is 0 Å². The van der Waals surface area contributed by atoms with E-state index in [0.717, 1.165) is 23.1 Å². The van der Waals surface area contributed by atoms with Crippen LogP contribution in [0.3, 0.4) is 0 Å². The maximum absolute atomic E-state index is 10.7. The maximum Gasteiger partial charge on any atom is 0.221 e. The summed E-state index contributed by atoms with van der Waals surface area (Å²) in [6, 6.07) is 5.73. The second-order valence-electron chi connectivity index (χ2n) is 3.52. The van der Waals surface area contributed by atoms with Crippen molar-refractivity contribution in [2.45, 2.75) is 32.1 Å². The molecule has 0 bridgehead atoms. The Morgan fingerprint density at radius 3 is 3.14 bits per heavy atom. The molecule has 0 radical (unpaired) electrons. The molecule has 1 aliphatic carbocycles. The highest BCUT2D eigenvalue weighted by Gasteiger charge is 2.10. The number of hydrogen-bond donors (Lipinski definition) is 0. The number of halogens is 1. The van der Waals surface area contributed by atoms with Gasteiger partial charge in [-0.3, -0.25) is 4.79 Å². The Hall–Kier alpha value is -0.820. The van der Waals surface area contributed by atoms with Gasteiger partial charge >= 0.3 is 0 Å². The number of rotatable bonds is 3. The Labute approximate surface area is 91.9 Å². The van der Waals surface area contributed by atoms with Crippen LogP contribution in [-0.4, -0.2) is 5.24 Å². The second-order valence-corrected chi connectivity index (χ2v) is 3.94. The largest absolute Gasteiger partial charge is 0.281 e. The molecule has 0 spiro atoms. The third kappa shape index (κ3) is 2.16. The molecule has 1 aliphatic rings. The molecule has 0 atom stereocenters. The average molecular weight is 211 g/mol. The van der Waals surface area contributed by atoms with Crippen molar-refractivity contribution in [3.8, 4) is 0 Å². The third-order valence-electron chi connectivity index (χ3n) is 2.49. The SMILES string of the molecule is [2H]C1([2H])CCc2cc(CCC(=O)Cl)ccc21. The lowest BCUT2D eigenvalue weighted by atomic mass is 10.0. The monoisotopic (exact) mass is 210 g/mol. The van der Waals surface area contributed by atoms with Gasteiger partial charge < -0.3 is 0 Å². The van der Waals surface area contributed by atoms with Crippen LogP contribution in [0.25, 0.3) is 0 Å². The predicted octanol–water partition coefficient (Wildman–Crippen LogP) is 2.87. The van der Waals surface area contributed by atoms with Crippen LogP contribution in [-0.2, 0) is 24.0 Å². The number of carbonyl (C=O) groups excluding carboxylic acids is 1. The zero-order valence-electron chi connectivity index (χ0n) is 9.85. The van der Waals surface area contributed by atoms with Crippen LogP contribution in [0.4, 0.5) is 0 Å². The number of fused-ring (bicyclic) bond motifs is 1. The van der Waals surface area contributed by atoms with Crippen molar-refractivity contribution in [3.63, 3.8) is 0 Å². The predicted molar refractivity (Wildman–Crippen MR) is 57.6 cm³/mol. The van der Waals surface area contributed by atoms with Gasteiger partial charge in [-0.15, -0.1) is 0 Å². The zero-order valence-corrected chi connectivity index (χ0v) is 8.60. The molecular formula is C12H13ClO. The molecule has 0 fully saturated rings. The van der Waals surface area contributed by atoms with Crippen LogP contribution >= 0.6 is 11.6 Å². The standard InChI is InChI=1S/C12H13ClO/c13-12(14)7-5-9-4-6-10-2-1-3-11(10)8-9/h4,6,8H,1-3,5,7H2/i2D2. The molecule has 0 saturated carbocycles. The van der Waals surface area contributed by atoms with Crippen LogP contribution in [0.15, 0.2) is 18.2 Å². The van der Waals surface area contributed by atoms with Crippen LogP contribution in [0.5, 0.6) is 0 Å². The fourth-order valence-electron chi connectivity index (χ4n) is 1.76. The van der Waals surface area contributed by atoms with Crippen molar-refractivity contribution in [2.24, 2.45) is 0 Å². The summed E-state index contributed by atoms with van der Waals surface area (Å²) in [5, 5.41) is -0.323. The van der Waals surface area contributed by atoms with E-state index < -0.39 is 6.37 Å². The van der Waals surface area contributed by atoms with Crippen molar-refractivity contribution in [1.29, 1.82) is 0 Å². The summed E-state index contributed by atoms with van der Waals surface area (Å²) < 4.78 is 15.6. The van der Waals surface area contributed by atoms with E-state index in [1.807, 2.05) is 18.2 Å². The number of benzene rings is 1. The van der Waals surface area contributed by atoms with E-state index >= 15 is 0 Å². The van der Waals surface area contributed by atoms with Crippen LogP contribution in [0, 0.1) is 0 Å². The van der Waals surface area contributed by atoms with E-state index in [9.17, 15) is 4.79 Å². The van der Waals surface area contributed by atoms with E-state index in [4.69, 9.17) is 14.3 Å². The summed E-state index contributed by atoms with van der Waals surface area (Å²) in [5.41, 5.74) is 2.93. The van der Waals surface area contributed by atoms with Crippen molar-refractivity contribution < 1.29 is 7.54 Å². The van der Waals surface area contributed by atoms with Gasteiger partial charge in [0.1, 0.15) is 0 Å². The molecule has 2 rings (SSSR count). The molecule has 0 aliphatic heterocycles. The molecule has 0 N–H and O–H groups in total. The van der Waals surface area contributed by atoms with Gasteiger partial charge in [-0.25, -0.2) is 0 Å². The lowest BCUT2D eigenvalue weighted by molar-refractivity contribution is -0.111. The average Bonchev–Trinajstić information content (AvgIpc) is 2.52. The lowest BCUT2D eigenvalue weighted by Gasteiger charge is -2.03. The van der Waals surface area contributed by atoms with E-state index in [-0.39, 0.29) is 5.24 Å². The molecule has 2 heteroatoms. The van der Waals surface area contributed by atoms with Crippen molar-refractivity contribution in [3.05, 3.63) is 34.9 Å². The van der Waals surface area contributed by atoms with Gasteiger partial charge in [-0.1, -0.05) is 18.2 Å². The summed E-state index contributed by atoms with van der Waals surface area (Å²) in [4.78, 5) is 10.7. The first-order valence-electron chi connectivity index (χ1n) is 5.80. The first kappa shape index (κ1) is 7.47. The van der Waals surface area contributed by atoms with Gasteiger partial charge in [0, 0.05) is 9.16 Å². The van der Waals surface area contributed by atoms with Gasteiger partial charge in [0.15, 0.2) is 0 Å². The number of hydrogen-bond acceptors (Lipinski definition) is 1. The van der Waals surface area contributed by atoms with Crippen LogP contribution in [0.1, 0.15) is 32.3 Å². The summed E-state index contributed by atoms with van der Waals surface area (Å²) in [6.45, 7) is 0. The highest BCUT2D eigenvalue weighted by molar-refractivity contribution is 6.63. The minimum atomic E-state index is -1.18. The van der Waals surface area contributed by atoms with Crippen LogP contribution < -0.4 is 0 Å². The third-order valence-corrected chi connectivity index (χ3v) is 2.68. The van der Waals surface area contributed by atoms with E-state index in [0.29, 0.717) is 19.3 Å². The van der Waals surface area contributed by atoms with Crippen molar-refractivity contribution in [2.75, 3.05) is 0 Å². The molecule has 1 aromatic carbocycles. The molecule has 0 amide bonds.